The molecule has 1 N–H and O–H groups in total. The van der Waals surface area contributed by atoms with E-state index in [4.69, 9.17) is 0 Å². The van der Waals surface area contributed by atoms with E-state index in [1.54, 1.807) is 0 Å². The molecular formula is C24H28N4O. The van der Waals surface area contributed by atoms with Crippen LogP contribution in [0.3, 0.4) is 0 Å². The molecule has 1 atom stereocenters. The zero-order chi connectivity index (χ0) is 20.2. The lowest BCUT2D eigenvalue weighted by atomic mass is 10.0. The Kier molecular flexibility index (Phi) is 5.86. The summed E-state index contributed by atoms with van der Waals surface area (Å²) in [5, 5.41) is 3.16. The minimum Gasteiger partial charge on any atom is -0.350 e. The lowest BCUT2D eigenvalue weighted by molar-refractivity contribution is 0.0938. The van der Waals surface area contributed by atoms with E-state index >= 15 is 0 Å². The standard InChI is InChI=1S/C24H28N4O/c1-17-18(2)27-23-15-20(10-11-22(23)26-17)24(29)25-16-21(28-12-6-7-13-28)14-19-8-4-3-5-9-19/h3-5,8-11,15,21H,6-7,12-14,16H2,1-2H3,(H,25,29). The number of benzene rings is 2. The van der Waals surface area contributed by atoms with E-state index in [1.165, 1.54) is 18.4 Å². The molecule has 1 saturated heterocycles. The summed E-state index contributed by atoms with van der Waals surface area (Å²) >= 11 is 0. The molecule has 1 fully saturated rings. The first-order valence-electron chi connectivity index (χ1n) is 10.4. The lowest BCUT2D eigenvalue weighted by Crippen LogP contribution is -2.44. The Bertz CT molecular complexity index is 996. The second-order valence-electron chi connectivity index (χ2n) is 7.89. The number of rotatable bonds is 6. The number of likely N-dealkylation sites (tertiary alicyclic amines) is 1. The molecule has 1 aliphatic heterocycles. The Labute approximate surface area is 172 Å². The highest BCUT2D eigenvalue weighted by atomic mass is 16.1. The predicted molar refractivity (Wildman–Crippen MR) is 116 cm³/mol. The highest BCUT2D eigenvalue weighted by Gasteiger charge is 2.23. The summed E-state index contributed by atoms with van der Waals surface area (Å²) in [6.07, 6.45) is 3.42. The van der Waals surface area contributed by atoms with Crippen molar-refractivity contribution in [1.82, 2.24) is 20.2 Å². The van der Waals surface area contributed by atoms with Gasteiger partial charge in [0.1, 0.15) is 0 Å². The maximum atomic E-state index is 12.8. The number of nitrogens with one attached hydrogen (secondary N) is 1. The number of carbonyl (C=O) groups excluding carboxylic acids is 1. The molecule has 150 valence electrons. The van der Waals surface area contributed by atoms with Crippen LogP contribution in [0.2, 0.25) is 0 Å². The Balaban J connectivity index is 1.47. The van der Waals surface area contributed by atoms with Gasteiger partial charge in [-0.25, -0.2) is 9.97 Å². The zero-order valence-electron chi connectivity index (χ0n) is 17.2. The van der Waals surface area contributed by atoms with E-state index in [0.717, 1.165) is 41.9 Å². The first-order valence-corrected chi connectivity index (χ1v) is 10.4. The van der Waals surface area contributed by atoms with Crippen LogP contribution in [0.1, 0.15) is 40.2 Å². The monoisotopic (exact) mass is 388 g/mol. The molecule has 0 saturated carbocycles. The Morgan fingerprint density at radius 3 is 2.41 bits per heavy atom. The Morgan fingerprint density at radius 1 is 1.00 bits per heavy atom. The number of amides is 1. The highest BCUT2D eigenvalue weighted by Crippen LogP contribution is 2.17. The van der Waals surface area contributed by atoms with E-state index in [2.05, 4.69) is 44.5 Å². The fourth-order valence-electron chi connectivity index (χ4n) is 4.01. The quantitative estimate of drug-likeness (QED) is 0.700. The summed E-state index contributed by atoms with van der Waals surface area (Å²) < 4.78 is 0. The van der Waals surface area contributed by atoms with Crippen molar-refractivity contribution in [3.63, 3.8) is 0 Å². The molecule has 0 bridgehead atoms. The van der Waals surface area contributed by atoms with E-state index in [-0.39, 0.29) is 5.91 Å². The van der Waals surface area contributed by atoms with Crippen LogP contribution < -0.4 is 5.32 Å². The fourth-order valence-corrected chi connectivity index (χ4v) is 4.01. The lowest BCUT2D eigenvalue weighted by Gasteiger charge is -2.28. The van der Waals surface area contributed by atoms with Gasteiger partial charge >= 0.3 is 0 Å². The Morgan fingerprint density at radius 2 is 1.69 bits per heavy atom. The van der Waals surface area contributed by atoms with Gasteiger partial charge in [-0.3, -0.25) is 9.69 Å². The van der Waals surface area contributed by atoms with Gasteiger partial charge in [0.2, 0.25) is 0 Å². The molecule has 4 rings (SSSR count). The fraction of sp³-hybridized carbons (Fsp3) is 0.375. The average Bonchev–Trinajstić information content (AvgIpc) is 3.27. The van der Waals surface area contributed by atoms with Crippen LogP contribution in [0.4, 0.5) is 0 Å². The summed E-state index contributed by atoms with van der Waals surface area (Å²) in [4.78, 5) is 24.5. The second-order valence-corrected chi connectivity index (χ2v) is 7.89. The summed E-state index contributed by atoms with van der Waals surface area (Å²) in [6.45, 7) is 6.76. The molecule has 1 amide bonds. The van der Waals surface area contributed by atoms with Gasteiger partial charge in [-0.05, 0) is 70.0 Å². The van der Waals surface area contributed by atoms with Crippen LogP contribution >= 0.6 is 0 Å². The smallest absolute Gasteiger partial charge is 0.251 e. The molecule has 0 aliphatic carbocycles. The Hall–Kier alpha value is -2.79. The number of hydrogen-bond acceptors (Lipinski definition) is 4. The predicted octanol–water partition coefficient (Wildman–Crippen LogP) is 3.68. The summed E-state index contributed by atoms with van der Waals surface area (Å²) in [5.74, 6) is -0.0517. The number of carbonyl (C=O) groups is 1. The SMILES string of the molecule is Cc1nc2ccc(C(=O)NCC(Cc3ccccc3)N3CCCC3)cc2nc1C. The van der Waals surface area contributed by atoms with Crippen LogP contribution in [-0.2, 0) is 6.42 Å². The van der Waals surface area contributed by atoms with Gasteiger partial charge < -0.3 is 5.32 Å². The largest absolute Gasteiger partial charge is 0.350 e. The molecule has 29 heavy (non-hydrogen) atoms. The molecule has 0 radical (unpaired) electrons. The van der Waals surface area contributed by atoms with Gasteiger partial charge in [-0.15, -0.1) is 0 Å². The molecule has 1 unspecified atom stereocenters. The van der Waals surface area contributed by atoms with Crippen LogP contribution in [0.15, 0.2) is 48.5 Å². The van der Waals surface area contributed by atoms with Crippen LogP contribution in [-0.4, -0.2) is 46.5 Å². The summed E-state index contributed by atoms with van der Waals surface area (Å²) in [6, 6.07) is 16.4. The molecule has 1 aromatic heterocycles. The first kappa shape index (κ1) is 19.5. The van der Waals surface area contributed by atoms with E-state index in [0.29, 0.717) is 18.2 Å². The summed E-state index contributed by atoms with van der Waals surface area (Å²) in [5.41, 5.74) is 5.35. The topological polar surface area (TPSA) is 58.1 Å². The van der Waals surface area contributed by atoms with Crippen molar-refractivity contribution >= 4 is 16.9 Å². The van der Waals surface area contributed by atoms with Gasteiger partial charge in [0, 0.05) is 18.2 Å². The van der Waals surface area contributed by atoms with Crippen molar-refractivity contribution in [2.75, 3.05) is 19.6 Å². The van der Waals surface area contributed by atoms with Crippen molar-refractivity contribution < 1.29 is 4.79 Å². The number of hydrogen-bond donors (Lipinski definition) is 1. The van der Waals surface area contributed by atoms with Crippen molar-refractivity contribution in [3.8, 4) is 0 Å². The minimum absolute atomic E-state index is 0.0517. The molecule has 5 nitrogen and oxygen atoms in total. The number of aryl methyl sites for hydroxylation is 2. The number of aromatic nitrogens is 2. The molecule has 2 heterocycles. The van der Waals surface area contributed by atoms with Gasteiger partial charge in [-0.2, -0.15) is 0 Å². The third-order valence-electron chi connectivity index (χ3n) is 5.81. The molecular weight excluding hydrogens is 360 g/mol. The van der Waals surface area contributed by atoms with Crippen molar-refractivity contribution in [1.29, 1.82) is 0 Å². The van der Waals surface area contributed by atoms with E-state index in [1.807, 2.05) is 38.1 Å². The third-order valence-corrected chi connectivity index (χ3v) is 5.81. The molecule has 2 aromatic carbocycles. The van der Waals surface area contributed by atoms with Crippen LogP contribution in [0.5, 0.6) is 0 Å². The van der Waals surface area contributed by atoms with Crippen molar-refractivity contribution in [3.05, 3.63) is 71.0 Å². The van der Waals surface area contributed by atoms with Crippen LogP contribution in [0, 0.1) is 13.8 Å². The third kappa shape index (κ3) is 4.62. The van der Waals surface area contributed by atoms with Gasteiger partial charge in [0.05, 0.1) is 22.4 Å². The highest BCUT2D eigenvalue weighted by molar-refractivity contribution is 5.97. The van der Waals surface area contributed by atoms with Gasteiger partial charge in [0.15, 0.2) is 0 Å². The molecule has 5 heteroatoms. The second kappa shape index (κ2) is 8.70. The maximum absolute atomic E-state index is 12.8. The molecule has 3 aromatic rings. The average molecular weight is 389 g/mol. The maximum Gasteiger partial charge on any atom is 0.251 e. The van der Waals surface area contributed by atoms with Crippen LogP contribution in [0.25, 0.3) is 11.0 Å². The zero-order valence-corrected chi connectivity index (χ0v) is 17.2. The van der Waals surface area contributed by atoms with E-state index < -0.39 is 0 Å². The first-order chi connectivity index (χ1) is 14.1. The number of nitrogens with zero attached hydrogens (tertiary/aromatic N) is 3. The number of fused-ring (bicyclic) bond motifs is 1. The summed E-state index contributed by atoms with van der Waals surface area (Å²) in [7, 11) is 0. The molecule has 0 spiro atoms. The minimum atomic E-state index is -0.0517. The van der Waals surface area contributed by atoms with Crippen molar-refractivity contribution in [2.45, 2.75) is 39.2 Å². The molecule has 1 aliphatic rings. The van der Waals surface area contributed by atoms with Gasteiger partial charge in [-0.1, -0.05) is 30.3 Å². The van der Waals surface area contributed by atoms with Gasteiger partial charge in [0.25, 0.3) is 5.91 Å². The van der Waals surface area contributed by atoms with Crippen molar-refractivity contribution in [2.24, 2.45) is 0 Å². The van der Waals surface area contributed by atoms with E-state index in [9.17, 15) is 4.79 Å². The normalized spacial score (nSPS) is 15.5.